The van der Waals surface area contributed by atoms with E-state index in [1.807, 2.05) is 0 Å². The molecule has 6 nitrogen and oxygen atoms in total. The van der Waals surface area contributed by atoms with Gasteiger partial charge in [0.05, 0.1) is 10.5 Å². The van der Waals surface area contributed by atoms with Crippen molar-refractivity contribution in [3.05, 3.63) is 38.3 Å². The van der Waals surface area contributed by atoms with Crippen molar-refractivity contribution in [3.63, 3.8) is 0 Å². The third kappa shape index (κ3) is 3.59. The van der Waals surface area contributed by atoms with Gasteiger partial charge in [-0.25, -0.2) is 0 Å². The van der Waals surface area contributed by atoms with E-state index in [0.29, 0.717) is 6.54 Å². The Morgan fingerprint density at radius 2 is 2.14 bits per heavy atom. The molecule has 0 heterocycles. The van der Waals surface area contributed by atoms with Crippen LogP contribution in [0.25, 0.3) is 0 Å². The van der Waals surface area contributed by atoms with E-state index < -0.39 is 4.92 Å². The van der Waals surface area contributed by atoms with Crippen LogP contribution in [0.2, 0.25) is 0 Å². The van der Waals surface area contributed by atoms with Crippen molar-refractivity contribution in [2.45, 2.75) is 19.3 Å². The van der Waals surface area contributed by atoms with E-state index in [1.165, 1.54) is 12.1 Å². The third-order valence-corrected chi connectivity index (χ3v) is 4.83. The van der Waals surface area contributed by atoms with Gasteiger partial charge in [0.15, 0.2) is 0 Å². The molecule has 1 fully saturated rings. The zero-order chi connectivity index (χ0) is 15.4. The van der Waals surface area contributed by atoms with Crippen LogP contribution in [-0.2, 0) is 0 Å². The number of nitro benzene ring substituents is 1. The molecule has 1 amide bonds. The largest absolute Gasteiger partial charge is 0.396 e. The molecule has 2 atom stereocenters. The fourth-order valence-corrected chi connectivity index (χ4v) is 3.37. The second-order valence-corrected chi connectivity index (χ2v) is 6.03. The number of halogens is 1. The van der Waals surface area contributed by atoms with E-state index in [4.69, 9.17) is 0 Å². The van der Waals surface area contributed by atoms with E-state index in [1.54, 1.807) is 6.07 Å². The Balaban J connectivity index is 2.04. The van der Waals surface area contributed by atoms with E-state index >= 15 is 0 Å². The van der Waals surface area contributed by atoms with Gasteiger partial charge in [0, 0.05) is 19.2 Å². The van der Waals surface area contributed by atoms with Crippen LogP contribution in [0.3, 0.4) is 0 Å². The molecular formula is C14H17BrN2O4. The van der Waals surface area contributed by atoms with Gasteiger partial charge in [0.1, 0.15) is 4.47 Å². The van der Waals surface area contributed by atoms with Crippen molar-refractivity contribution in [2.75, 3.05) is 13.2 Å². The van der Waals surface area contributed by atoms with Crippen LogP contribution in [0, 0.1) is 22.0 Å². The van der Waals surface area contributed by atoms with E-state index in [2.05, 4.69) is 21.2 Å². The molecular weight excluding hydrogens is 340 g/mol. The number of nitro groups is 1. The van der Waals surface area contributed by atoms with Gasteiger partial charge in [0.2, 0.25) is 0 Å². The maximum atomic E-state index is 12.2. The number of benzene rings is 1. The molecule has 0 saturated heterocycles. The molecule has 2 rings (SSSR count). The van der Waals surface area contributed by atoms with Crippen LogP contribution < -0.4 is 5.32 Å². The van der Waals surface area contributed by atoms with Gasteiger partial charge in [-0.1, -0.05) is 12.5 Å². The molecule has 0 spiro atoms. The number of nitrogens with one attached hydrogen (secondary N) is 1. The zero-order valence-electron chi connectivity index (χ0n) is 11.4. The van der Waals surface area contributed by atoms with Gasteiger partial charge < -0.3 is 10.4 Å². The summed E-state index contributed by atoms with van der Waals surface area (Å²) in [7, 11) is 0. The molecule has 2 unspecified atom stereocenters. The summed E-state index contributed by atoms with van der Waals surface area (Å²) in [5.74, 6) is 0.171. The highest BCUT2D eigenvalue weighted by atomic mass is 79.9. The highest BCUT2D eigenvalue weighted by Crippen LogP contribution is 2.31. The first-order valence-corrected chi connectivity index (χ1v) is 7.65. The van der Waals surface area contributed by atoms with Gasteiger partial charge in [0.25, 0.3) is 11.6 Å². The number of amides is 1. The SMILES string of the molecule is O=C(NCC1CCCC1CO)c1cccc([N+](=O)[O-])c1Br. The van der Waals surface area contributed by atoms with Crippen molar-refractivity contribution in [1.82, 2.24) is 5.32 Å². The van der Waals surface area contributed by atoms with Gasteiger partial charge in [-0.2, -0.15) is 0 Å². The topological polar surface area (TPSA) is 92.5 Å². The van der Waals surface area contributed by atoms with Crippen LogP contribution >= 0.6 is 15.9 Å². The van der Waals surface area contributed by atoms with Crippen LogP contribution in [0.15, 0.2) is 22.7 Å². The molecule has 7 heteroatoms. The fourth-order valence-electron chi connectivity index (χ4n) is 2.78. The van der Waals surface area contributed by atoms with Gasteiger partial charge in [-0.15, -0.1) is 0 Å². The maximum Gasteiger partial charge on any atom is 0.284 e. The van der Waals surface area contributed by atoms with Gasteiger partial charge in [-0.3, -0.25) is 14.9 Å². The van der Waals surface area contributed by atoms with Crippen molar-refractivity contribution in [3.8, 4) is 0 Å². The van der Waals surface area contributed by atoms with Crippen molar-refractivity contribution in [1.29, 1.82) is 0 Å². The normalized spacial score (nSPS) is 21.2. The lowest BCUT2D eigenvalue weighted by Gasteiger charge is -2.18. The number of rotatable bonds is 5. The number of carbonyl (C=O) groups excluding carboxylic acids is 1. The molecule has 1 aliphatic carbocycles. The Morgan fingerprint density at radius 1 is 1.43 bits per heavy atom. The number of nitrogens with zero attached hydrogens (tertiary/aromatic N) is 1. The first kappa shape index (κ1) is 15.9. The number of hydrogen-bond donors (Lipinski definition) is 2. The summed E-state index contributed by atoms with van der Waals surface area (Å²) in [6.07, 6.45) is 3.03. The summed E-state index contributed by atoms with van der Waals surface area (Å²) in [5, 5.41) is 22.9. The molecule has 114 valence electrons. The summed E-state index contributed by atoms with van der Waals surface area (Å²) in [4.78, 5) is 22.5. The quantitative estimate of drug-likeness (QED) is 0.626. The summed E-state index contributed by atoms with van der Waals surface area (Å²) < 4.78 is 0.192. The highest BCUT2D eigenvalue weighted by molar-refractivity contribution is 9.10. The van der Waals surface area contributed by atoms with Crippen molar-refractivity contribution >= 4 is 27.5 Å². The molecule has 0 aliphatic heterocycles. The van der Waals surface area contributed by atoms with Gasteiger partial charge in [-0.05, 0) is 46.7 Å². The lowest BCUT2D eigenvalue weighted by molar-refractivity contribution is -0.385. The number of aliphatic hydroxyl groups excluding tert-OH is 1. The Bertz CT molecular complexity index is 550. The molecule has 0 aromatic heterocycles. The fraction of sp³-hybridized carbons (Fsp3) is 0.500. The summed E-state index contributed by atoms with van der Waals surface area (Å²) in [5.41, 5.74) is 0.125. The molecule has 1 aromatic carbocycles. The summed E-state index contributed by atoms with van der Waals surface area (Å²) in [6, 6.07) is 4.38. The van der Waals surface area contributed by atoms with Crippen molar-refractivity contribution < 1.29 is 14.8 Å². The average Bonchev–Trinajstić information content (AvgIpc) is 2.92. The van der Waals surface area contributed by atoms with E-state index in [9.17, 15) is 20.0 Å². The van der Waals surface area contributed by atoms with Gasteiger partial charge >= 0.3 is 0 Å². The molecule has 1 aromatic rings. The third-order valence-electron chi connectivity index (χ3n) is 4.00. The second kappa shape index (κ2) is 7.00. The zero-order valence-corrected chi connectivity index (χ0v) is 13.0. The van der Waals surface area contributed by atoms with E-state index in [-0.39, 0.29) is 40.1 Å². The number of aliphatic hydroxyl groups is 1. The Kier molecular flexibility index (Phi) is 5.30. The molecule has 1 aliphatic rings. The van der Waals surface area contributed by atoms with Crippen LogP contribution in [0.4, 0.5) is 5.69 Å². The van der Waals surface area contributed by atoms with Crippen molar-refractivity contribution in [2.24, 2.45) is 11.8 Å². The van der Waals surface area contributed by atoms with Crippen LogP contribution in [-0.4, -0.2) is 29.1 Å². The maximum absolute atomic E-state index is 12.2. The second-order valence-electron chi connectivity index (χ2n) is 5.24. The lowest BCUT2D eigenvalue weighted by atomic mass is 9.97. The smallest absolute Gasteiger partial charge is 0.284 e. The minimum atomic E-state index is -0.528. The monoisotopic (exact) mass is 356 g/mol. The average molecular weight is 357 g/mol. The number of carbonyl (C=O) groups is 1. The minimum Gasteiger partial charge on any atom is -0.396 e. The molecule has 0 bridgehead atoms. The summed E-state index contributed by atoms with van der Waals surface area (Å²) in [6.45, 7) is 0.625. The molecule has 0 radical (unpaired) electrons. The van der Waals surface area contributed by atoms with Crippen LogP contribution in [0.5, 0.6) is 0 Å². The first-order valence-electron chi connectivity index (χ1n) is 6.86. The lowest BCUT2D eigenvalue weighted by Crippen LogP contribution is -2.31. The Morgan fingerprint density at radius 3 is 2.81 bits per heavy atom. The Hall–Kier alpha value is -1.47. The number of hydrogen-bond acceptors (Lipinski definition) is 4. The van der Waals surface area contributed by atoms with E-state index in [0.717, 1.165) is 19.3 Å². The standard InChI is InChI=1S/C14H17BrN2O4/c15-13-11(5-2-6-12(13)17(20)21)14(19)16-7-9-3-1-4-10(9)8-18/h2,5-6,9-10,18H,1,3-4,7-8H2,(H,16,19). The highest BCUT2D eigenvalue weighted by Gasteiger charge is 2.27. The summed E-state index contributed by atoms with van der Waals surface area (Å²) >= 11 is 3.12. The Labute approximate surface area is 130 Å². The predicted octanol–water partition coefficient (Wildman–Crippen LogP) is 2.50. The minimum absolute atomic E-state index is 0.128. The predicted molar refractivity (Wildman–Crippen MR) is 81.0 cm³/mol. The molecule has 21 heavy (non-hydrogen) atoms. The first-order chi connectivity index (χ1) is 10.0. The molecule has 2 N–H and O–H groups in total. The van der Waals surface area contributed by atoms with Crippen LogP contribution in [0.1, 0.15) is 29.6 Å². The molecule has 1 saturated carbocycles.